The Kier molecular flexibility index (Phi) is 4.68. The van der Waals surface area contributed by atoms with E-state index in [1.165, 1.54) is 0 Å². The zero-order valence-electron chi connectivity index (χ0n) is 12.7. The molecule has 0 aromatic heterocycles. The fourth-order valence-electron chi connectivity index (χ4n) is 2.77. The molecule has 2 unspecified atom stereocenters. The average molecular weight is 268 g/mol. The summed E-state index contributed by atoms with van der Waals surface area (Å²) in [6.45, 7) is 8.29. The van der Waals surface area contributed by atoms with Crippen molar-refractivity contribution >= 4 is 6.03 Å². The summed E-state index contributed by atoms with van der Waals surface area (Å²) in [5.74, 6) is 0. The number of amides is 2. The lowest BCUT2D eigenvalue weighted by Crippen LogP contribution is -2.60. The summed E-state index contributed by atoms with van der Waals surface area (Å²) in [7, 11) is 4.21. The van der Waals surface area contributed by atoms with Gasteiger partial charge in [0, 0.05) is 44.3 Å². The van der Waals surface area contributed by atoms with Crippen LogP contribution >= 0.6 is 0 Å². The SMILES string of the molecule is CC1CN(C(=O)NC2CC2)CC(C)N1CCN(C)C. The molecule has 1 saturated heterocycles. The zero-order valence-corrected chi connectivity index (χ0v) is 12.7. The molecule has 0 aromatic rings. The van der Waals surface area contributed by atoms with Crippen LogP contribution in [0.15, 0.2) is 0 Å². The molecule has 2 aliphatic rings. The van der Waals surface area contributed by atoms with Gasteiger partial charge in [0.25, 0.3) is 0 Å². The summed E-state index contributed by atoms with van der Waals surface area (Å²) in [6.07, 6.45) is 2.30. The minimum absolute atomic E-state index is 0.133. The van der Waals surface area contributed by atoms with Crippen LogP contribution in [0.3, 0.4) is 0 Å². The van der Waals surface area contributed by atoms with Gasteiger partial charge in [-0.3, -0.25) is 4.90 Å². The van der Waals surface area contributed by atoms with Gasteiger partial charge >= 0.3 is 6.03 Å². The number of hydrogen-bond donors (Lipinski definition) is 1. The summed E-state index contributed by atoms with van der Waals surface area (Å²) in [5.41, 5.74) is 0. The number of carbonyl (C=O) groups excluding carboxylic acids is 1. The number of rotatable bonds is 4. The van der Waals surface area contributed by atoms with Crippen LogP contribution in [0.4, 0.5) is 4.79 Å². The van der Waals surface area contributed by atoms with Crippen molar-refractivity contribution in [1.82, 2.24) is 20.0 Å². The third-order valence-corrected chi connectivity index (χ3v) is 4.10. The third-order valence-electron chi connectivity index (χ3n) is 4.10. The average Bonchev–Trinajstić information content (AvgIpc) is 3.11. The quantitative estimate of drug-likeness (QED) is 0.820. The number of urea groups is 1. The lowest BCUT2D eigenvalue weighted by Gasteiger charge is -2.44. The minimum Gasteiger partial charge on any atom is -0.335 e. The van der Waals surface area contributed by atoms with Crippen LogP contribution < -0.4 is 5.32 Å². The summed E-state index contributed by atoms with van der Waals surface area (Å²) in [6, 6.07) is 1.46. The first kappa shape index (κ1) is 14.6. The maximum Gasteiger partial charge on any atom is 0.317 e. The van der Waals surface area contributed by atoms with E-state index < -0.39 is 0 Å². The van der Waals surface area contributed by atoms with Crippen molar-refractivity contribution < 1.29 is 4.79 Å². The molecular weight excluding hydrogens is 240 g/mol. The fourth-order valence-corrected chi connectivity index (χ4v) is 2.77. The number of carbonyl (C=O) groups is 1. The van der Waals surface area contributed by atoms with E-state index in [0.29, 0.717) is 18.1 Å². The predicted molar refractivity (Wildman–Crippen MR) is 77.3 cm³/mol. The molecule has 110 valence electrons. The minimum atomic E-state index is 0.133. The highest BCUT2D eigenvalue weighted by Crippen LogP contribution is 2.20. The number of piperazine rings is 1. The van der Waals surface area contributed by atoms with Crippen molar-refractivity contribution in [3.63, 3.8) is 0 Å². The van der Waals surface area contributed by atoms with Gasteiger partial charge < -0.3 is 15.1 Å². The van der Waals surface area contributed by atoms with E-state index in [4.69, 9.17) is 0 Å². The smallest absolute Gasteiger partial charge is 0.317 e. The summed E-state index contributed by atoms with van der Waals surface area (Å²) in [5, 5.41) is 3.09. The first-order valence-corrected chi connectivity index (χ1v) is 7.43. The van der Waals surface area contributed by atoms with Gasteiger partial charge in [0.15, 0.2) is 0 Å². The monoisotopic (exact) mass is 268 g/mol. The molecular formula is C14H28N4O. The van der Waals surface area contributed by atoms with Gasteiger partial charge in [0.2, 0.25) is 0 Å². The molecule has 2 amide bonds. The number of likely N-dealkylation sites (N-methyl/N-ethyl adjacent to an activating group) is 1. The second kappa shape index (κ2) is 6.09. The Hall–Kier alpha value is -0.810. The highest BCUT2D eigenvalue weighted by Gasteiger charge is 2.33. The van der Waals surface area contributed by atoms with Crippen LogP contribution in [0.25, 0.3) is 0 Å². The maximum atomic E-state index is 12.1. The van der Waals surface area contributed by atoms with E-state index in [2.05, 4.69) is 43.1 Å². The van der Waals surface area contributed by atoms with Gasteiger partial charge in [0.1, 0.15) is 0 Å². The Morgan fingerprint density at radius 2 is 1.79 bits per heavy atom. The van der Waals surface area contributed by atoms with E-state index in [-0.39, 0.29) is 6.03 Å². The van der Waals surface area contributed by atoms with Crippen LogP contribution in [0.5, 0.6) is 0 Å². The topological polar surface area (TPSA) is 38.8 Å². The normalized spacial score (nSPS) is 28.8. The fraction of sp³-hybridized carbons (Fsp3) is 0.929. The molecule has 0 radical (unpaired) electrons. The molecule has 1 saturated carbocycles. The van der Waals surface area contributed by atoms with E-state index >= 15 is 0 Å². The van der Waals surface area contributed by atoms with Crippen molar-refractivity contribution in [1.29, 1.82) is 0 Å². The Morgan fingerprint density at radius 3 is 2.26 bits per heavy atom. The third kappa shape index (κ3) is 4.08. The highest BCUT2D eigenvalue weighted by atomic mass is 16.2. The Bertz CT molecular complexity index is 305. The van der Waals surface area contributed by atoms with Crippen LogP contribution in [0.1, 0.15) is 26.7 Å². The van der Waals surface area contributed by atoms with Gasteiger partial charge in [-0.15, -0.1) is 0 Å². The Morgan fingerprint density at radius 1 is 1.21 bits per heavy atom. The molecule has 2 rings (SSSR count). The molecule has 2 fully saturated rings. The number of nitrogens with one attached hydrogen (secondary N) is 1. The molecule has 2 atom stereocenters. The van der Waals surface area contributed by atoms with Crippen molar-refractivity contribution in [2.75, 3.05) is 40.3 Å². The van der Waals surface area contributed by atoms with Gasteiger partial charge in [0.05, 0.1) is 0 Å². The lowest BCUT2D eigenvalue weighted by molar-refractivity contribution is 0.0507. The maximum absolute atomic E-state index is 12.1. The Labute approximate surface area is 116 Å². The molecule has 5 nitrogen and oxygen atoms in total. The van der Waals surface area contributed by atoms with E-state index in [1.807, 2.05) is 4.90 Å². The summed E-state index contributed by atoms with van der Waals surface area (Å²) < 4.78 is 0. The van der Waals surface area contributed by atoms with Gasteiger partial charge in [-0.05, 0) is 40.8 Å². The van der Waals surface area contributed by atoms with Crippen LogP contribution in [0.2, 0.25) is 0 Å². The number of hydrogen-bond acceptors (Lipinski definition) is 3. The first-order valence-electron chi connectivity index (χ1n) is 7.43. The molecule has 19 heavy (non-hydrogen) atoms. The molecule has 1 N–H and O–H groups in total. The van der Waals surface area contributed by atoms with E-state index in [1.54, 1.807) is 0 Å². The van der Waals surface area contributed by atoms with Crippen LogP contribution in [-0.2, 0) is 0 Å². The lowest BCUT2D eigenvalue weighted by atomic mass is 10.1. The van der Waals surface area contributed by atoms with E-state index in [9.17, 15) is 4.79 Å². The van der Waals surface area contributed by atoms with E-state index in [0.717, 1.165) is 39.0 Å². The highest BCUT2D eigenvalue weighted by molar-refractivity contribution is 5.75. The predicted octanol–water partition coefficient (Wildman–Crippen LogP) is 0.815. The van der Waals surface area contributed by atoms with Crippen molar-refractivity contribution in [3.05, 3.63) is 0 Å². The van der Waals surface area contributed by atoms with Crippen LogP contribution in [-0.4, -0.2) is 79.1 Å². The Balaban J connectivity index is 1.84. The largest absolute Gasteiger partial charge is 0.335 e. The molecule has 0 bridgehead atoms. The standard InChI is InChI=1S/C14H28N4O/c1-11-9-17(14(19)15-13-5-6-13)10-12(2)18(11)8-7-16(3)4/h11-13H,5-10H2,1-4H3,(H,15,19). The summed E-state index contributed by atoms with van der Waals surface area (Å²) in [4.78, 5) is 18.8. The second-order valence-electron chi connectivity index (χ2n) is 6.37. The zero-order chi connectivity index (χ0) is 14.0. The molecule has 1 heterocycles. The first-order chi connectivity index (χ1) is 8.97. The van der Waals surface area contributed by atoms with Crippen molar-refractivity contribution in [2.24, 2.45) is 0 Å². The van der Waals surface area contributed by atoms with Crippen molar-refractivity contribution in [3.8, 4) is 0 Å². The van der Waals surface area contributed by atoms with Crippen molar-refractivity contribution in [2.45, 2.75) is 44.8 Å². The summed E-state index contributed by atoms with van der Waals surface area (Å²) >= 11 is 0. The number of nitrogens with zero attached hydrogens (tertiary/aromatic N) is 3. The molecule has 1 aliphatic heterocycles. The molecule has 0 aromatic carbocycles. The molecule has 0 spiro atoms. The molecule has 5 heteroatoms. The molecule has 1 aliphatic carbocycles. The van der Waals surface area contributed by atoms with Crippen LogP contribution in [0, 0.1) is 0 Å². The second-order valence-corrected chi connectivity index (χ2v) is 6.37. The van der Waals surface area contributed by atoms with Gasteiger partial charge in [-0.2, -0.15) is 0 Å². The van der Waals surface area contributed by atoms with Gasteiger partial charge in [-0.1, -0.05) is 0 Å². The van der Waals surface area contributed by atoms with Gasteiger partial charge in [-0.25, -0.2) is 4.79 Å².